The zero-order chi connectivity index (χ0) is 16.4. The van der Waals surface area contributed by atoms with E-state index in [0.717, 1.165) is 5.56 Å². The highest BCUT2D eigenvalue weighted by Gasteiger charge is 2.30. The van der Waals surface area contributed by atoms with Crippen LogP contribution in [0.1, 0.15) is 12.0 Å². The molecule has 9 nitrogen and oxygen atoms in total. The van der Waals surface area contributed by atoms with Gasteiger partial charge in [0.05, 0.1) is 14.2 Å². The lowest BCUT2D eigenvalue weighted by atomic mass is 10.0. The molecule has 0 spiro atoms. The highest BCUT2D eigenvalue weighted by molar-refractivity contribution is 6.38. The topological polar surface area (TPSA) is 114 Å². The van der Waals surface area contributed by atoms with E-state index in [9.17, 15) is 4.79 Å². The molecule has 1 aromatic rings. The van der Waals surface area contributed by atoms with Crippen molar-refractivity contribution in [2.45, 2.75) is 18.9 Å². The smallest absolute Gasteiger partial charge is 0.283 e. The number of rotatable bonds is 5. The van der Waals surface area contributed by atoms with Crippen LogP contribution in [0.4, 0.5) is 0 Å². The monoisotopic (exact) mass is 323 g/mol. The maximum atomic E-state index is 11.5. The average Bonchev–Trinajstić information content (AvgIpc) is 3.21. The van der Waals surface area contributed by atoms with E-state index < -0.39 is 5.91 Å². The molecule has 1 unspecified atom stereocenters. The van der Waals surface area contributed by atoms with Crippen molar-refractivity contribution in [1.82, 2.24) is 5.43 Å². The van der Waals surface area contributed by atoms with Gasteiger partial charge in [-0.3, -0.25) is 10.2 Å². The number of nitrogens with two attached hydrogens (primary N) is 1. The fourth-order valence-electron chi connectivity index (χ4n) is 2.61. The van der Waals surface area contributed by atoms with Gasteiger partial charge in [-0.15, -0.1) is 0 Å². The van der Waals surface area contributed by atoms with Gasteiger partial charge < -0.3 is 23.8 Å². The molecular weight excluding hydrogens is 306 g/mol. The van der Waals surface area contributed by atoms with Crippen LogP contribution in [0.5, 0.6) is 23.0 Å². The Morgan fingerprint density at radius 3 is 2.87 bits per heavy atom. The van der Waals surface area contributed by atoms with E-state index in [-0.39, 0.29) is 18.6 Å². The summed E-state index contributed by atoms with van der Waals surface area (Å²) < 4.78 is 21.6. The molecule has 1 amide bonds. The predicted octanol–water partition coefficient (Wildman–Crippen LogP) is 0.110. The van der Waals surface area contributed by atoms with Gasteiger partial charge in [0, 0.05) is 18.4 Å². The van der Waals surface area contributed by atoms with Crippen molar-refractivity contribution in [1.29, 1.82) is 0 Å². The van der Waals surface area contributed by atoms with Crippen molar-refractivity contribution in [3.8, 4) is 23.0 Å². The molecule has 2 heterocycles. The molecule has 0 fully saturated rings. The third-order valence-electron chi connectivity index (χ3n) is 3.63. The Morgan fingerprint density at radius 1 is 1.39 bits per heavy atom. The van der Waals surface area contributed by atoms with Crippen molar-refractivity contribution < 1.29 is 28.6 Å². The molecule has 0 radical (unpaired) electrons. The number of amides is 1. The molecule has 2 aliphatic rings. The molecule has 1 atom stereocenters. The molecule has 3 rings (SSSR count). The normalized spacial score (nSPS) is 18.2. The molecule has 9 heteroatoms. The number of fused-ring (bicyclic) bond motifs is 1. The molecule has 0 aliphatic carbocycles. The van der Waals surface area contributed by atoms with Crippen molar-refractivity contribution >= 4 is 11.6 Å². The van der Waals surface area contributed by atoms with Crippen molar-refractivity contribution in [3.05, 3.63) is 11.6 Å². The molecule has 0 saturated carbocycles. The van der Waals surface area contributed by atoms with Gasteiger partial charge >= 0.3 is 0 Å². The van der Waals surface area contributed by atoms with Gasteiger partial charge in [-0.25, -0.2) is 5.84 Å². The van der Waals surface area contributed by atoms with Crippen LogP contribution in [0.15, 0.2) is 11.2 Å². The summed E-state index contributed by atoms with van der Waals surface area (Å²) in [6.45, 7) is 0.127. The van der Waals surface area contributed by atoms with E-state index in [1.54, 1.807) is 7.11 Å². The molecule has 124 valence electrons. The minimum atomic E-state index is -0.456. The Labute approximate surface area is 132 Å². The third-order valence-corrected chi connectivity index (χ3v) is 3.63. The summed E-state index contributed by atoms with van der Waals surface area (Å²) in [7, 11) is 3.07. The van der Waals surface area contributed by atoms with Crippen molar-refractivity contribution in [2.24, 2.45) is 11.0 Å². The van der Waals surface area contributed by atoms with Gasteiger partial charge in [-0.05, 0) is 6.07 Å². The number of ether oxygens (including phenoxy) is 4. The van der Waals surface area contributed by atoms with Crippen LogP contribution < -0.4 is 30.2 Å². The van der Waals surface area contributed by atoms with Crippen LogP contribution in [0, 0.1) is 0 Å². The summed E-state index contributed by atoms with van der Waals surface area (Å²) in [5.41, 5.74) is 3.10. The molecule has 23 heavy (non-hydrogen) atoms. The van der Waals surface area contributed by atoms with Gasteiger partial charge in [0.2, 0.25) is 18.3 Å². The van der Waals surface area contributed by atoms with Gasteiger partial charge in [-0.2, -0.15) is 0 Å². The molecular formula is C14H17N3O6. The number of hydrogen-bond acceptors (Lipinski definition) is 8. The number of hydrogen-bond donors (Lipinski definition) is 2. The van der Waals surface area contributed by atoms with Crippen molar-refractivity contribution in [3.63, 3.8) is 0 Å². The third kappa shape index (κ3) is 2.70. The molecule has 1 aromatic carbocycles. The first-order valence-electron chi connectivity index (χ1n) is 6.95. The van der Waals surface area contributed by atoms with E-state index >= 15 is 0 Å². The van der Waals surface area contributed by atoms with Gasteiger partial charge in [0.15, 0.2) is 11.5 Å². The lowest BCUT2D eigenvalue weighted by Gasteiger charge is -2.16. The number of nitrogens with one attached hydrogen (secondary N) is 1. The summed E-state index contributed by atoms with van der Waals surface area (Å²) in [5.74, 6) is 6.74. The Bertz CT molecular complexity index is 660. The maximum Gasteiger partial charge on any atom is 0.283 e. The number of carbonyl (C=O) groups excluding carboxylic acids is 1. The van der Waals surface area contributed by atoms with E-state index in [0.29, 0.717) is 35.8 Å². The lowest BCUT2D eigenvalue weighted by Crippen LogP contribution is -2.36. The van der Waals surface area contributed by atoms with E-state index in [2.05, 4.69) is 5.16 Å². The van der Waals surface area contributed by atoms with E-state index in [4.69, 9.17) is 29.6 Å². The largest absolute Gasteiger partial charge is 0.492 e. The predicted molar refractivity (Wildman–Crippen MR) is 78.6 cm³/mol. The zero-order valence-corrected chi connectivity index (χ0v) is 12.8. The standard InChI is InChI=1S/C14H17N3O6/c1-19-11-7(3-8-5-9(17-23-8)14(18)16-15)4-10-12(13(11)20-2)22-6-21-10/h4,8H,3,5-6,15H2,1-2H3,(H,16,18). The number of nitrogens with zero attached hydrogens (tertiary/aromatic N) is 1. The van der Waals surface area contributed by atoms with Gasteiger partial charge in [0.25, 0.3) is 5.91 Å². The first kappa shape index (κ1) is 15.2. The Balaban J connectivity index is 1.83. The molecule has 3 N–H and O–H groups in total. The van der Waals surface area contributed by atoms with Gasteiger partial charge in [0.1, 0.15) is 11.8 Å². The summed E-state index contributed by atoms with van der Waals surface area (Å²) >= 11 is 0. The Kier molecular flexibility index (Phi) is 4.11. The number of methoxy groups -OCH3 is 2. The SMILES string of the molecule is COc1c(CC2CC(C(=O)NN)=NO2)cc2c(c1OC)OCO2. The van der Waals surface area contributed by atoms with Gasteiger partial charge in [-0.1, -0.05) is 5.16 Å². The number of hydrazine groups is 1. The highest BCUT2D eigenvalue weighted by atomic mass is 16.7. The summed E-state index contributed by atoms with van der Waals surface area (Å²) in [6.07, 6.45) is 0.505. The maximum absolute atomic E-state index is 11.5. The molecule has 0 bridgehead atoms. The second kappa shape index (κ2) is 6.21. The minimum absolute atomic E-state index is 0.127. The highest BCUT2D eigenvalue weighted by Crippen LogP contribution is 2.49. The second-order valence-corrected chi connectivity index (χ2v) is 4.98. The average molecular weight is 323 g/mol. The Morgan fingerprint density at radius 2 is 2.17 bits per heavy atom. The van der Waals surface area contributed by atoms with Crippen LogP contribution in [0.25, 0.3) is 0 Å². The molecule has 0 aromatic heterocycles. The fourth-order valence-corrected chi connectivity index (χ4v) is 2.61. The summed E-state index contributed by atoms with van der Waals surface area (Å²) in [5, 5.41) is 3.75. The Hall–Kier alpha value is -2.68. The fraction of sp³-hybridized carbons (Fsp3) is 0.429. The zero-order valence-electron chi connectivity index (χ0n) is 12.8. The minimum Gasteiger partial charge on any atom is -0.492 e. The number of carbonyl (C=O) groups is 1. The number of benzene rings is 1. The van der Waals surface area contributed by atoms with Crippen LogP contribution in [0.2, 0.25) is 0 Å². The molecule has 2 aliphatic heterocycles. The van der Waals surface area contributed by atoms with Crippen LogP contribution in [-0.2, 0) is 16.1 Å². The van der Waals surface area contributed by atoms with Crippen molar-refractivity contribution in [2.75, 3.05) is 21.0 Å². The lowest BCUT2D eigenvalue weighted by molar-refractivity contribution is -0.115. The van der Waals surface area contributed by atoms with Crippen LogP contribution >= 0.6 is 0 Å². The molecule has 0 saturated heterocycles. The first-order chi connectivity index (χ1) is 11.2. The van der Waals surface area contributed by atoms with E-state index in [1.165, 1.54) is 7.11 Å². The first-order valence-corrected chi connectivity index (χ1v) is 6.95. The van der Waals surface area contributed by atoms with Crippen LogP contribution in [-0.4, -0.2) is 38.7 Å². The quantitative estimate of drug-likeness (QED) is 0.449. The second-order valence-electron chi connectivity index (χ2n) is 4.98. The van der Waals surface area contributed by atoms with E-state index in [1.807, 2.05) is 11.5 Å². The summed E-state index contributed by atoms with van der Waals surface area (Å²) in [6, 6.07) is 1.81. The number of oxime groups is 1. The summed E-state index contributed by atoms with van der Waals surface area (Å²) in [4.78, 5) is 16.7. The van der Waals surface area contributed by atoms with Crippen LogP contribution in [0.3, 0.4) is 0 Å².